The van der Waals surface area contributed by atoms with Gasteiger partial charge in [0, 0.05) is 24.5 Å². The van der Waals surface area contributed by atoms with Crippen LogP contribution in [0.3, 0.4) is 0 Å². The number of carbonyl (C=O) groups excluding carboxylic acids is 1. The van der Waals surface area contributed by atoms with Gasteiger partial charge in [0.1, 0.15) is 6.54 Å². The molecular weight excluding hydrogens is 483 g/mol. The minimum atomic E-state index is -4.68. The van der Waals surface area contributed by atoms with Crippen LogP contribution in [-0.2, 0) is 31.1 Å². The van der Waals surface area contributed by atoms with E-state index in [1.165, 1.54) is 19.3 Å². The van der Waals surface area contributed by atoms with E-state index in [1.807, 2.05) is 6.92 Å². The van der Waals surface area contributed by atoms with E-state index in [-0.39, 0.29) is 13.2 Å². The van der Waals surface area contributed by atoms with Crippen molar-refractivity contribution in [3.63, 3.8) is 0 Å². The summed E-state index contributed by atoms with van der Waals surface area (Å²) in [5.74, 6) is -0.513. The zero-order valence-corrected chi connectivity index (χ0v) is 21.0. The molecule has 0 saturated heterocycles. The summed E-state index contributed by atoms with van der Waals surface area (Å²) >= 11 is 0. The van der Waals surface area contributed by atoms with E-state index in [4.69, 9.17) is 10.5 Å². The molecule has 0 aromatic heterocycles. The van der Waals surface area contributed by atoms with Gasteiger partial charge in [-0.25, -0.2) is 8.42 Å². The van der Waals surface area contributed by atoms with Gasteiger partial charge < -0.3 is 10.5 Å². The van der Waals surface area contributed by atoms with E-state index in [0.29, 0.717) is 48.6 Å². The SMILES string of the molecule is CCOC(=O)CN=C1CCC[C@@H](N(C)S(=O)(=O)c2cc(C(F)(F)F)cc(C3(CC)CC3)c2)C1=CN. The highest BCUT2D eigenvalue weighted by Gasteiger charge is 2.45. The van der Waals surface area contributed by atoms with E-state index < -0.39 is 44.1 Å². The number of hydrogen-bond acceptors (Lipinski definition) is 6. The van der Waals surface area contributed by atoms with Gasteiger partial charge in [-0.2, -0.15) is 17.5 Å². The third-order valence-corrected chi connectivity index (χ3v) is 8.80. The summed E-state index contributed by atoms with van der Waals surface area (Å²) in [5.41, 5.74) is 5.77. The number of benzene rings is 1. The minimum absolute atomic E-state index is 0.213. The fourth-order valence-corrected chi connectivity index (χ4v) is 6.06. The smallest absolute Gasteiger partial charge is 0.416 e. The maximum absolute atomic E-state index is 13.7. The highest BCUT2D eigenvalue weighted by molar-refractivity contribution is 7.89. The van der Waals surface area contributed by atoms with Gasteiger partial charge in [0.15, 0.2) is 0 Å². The van der Waals surface area contributed by atoms with Crippen LogP contribution in [0.2, 0.25) is 0 Å². The fourth-order valence-electron chi connectivity index (χ4n) is 4.63. The lowest BCUT2D eigenvalue weighted by Gasteiger charge is -2.33. The summed E-state index contributed by atoms with van der Waals surface area (Å²) in [4.78, 5) is 15.6. The summed E-state index contributed by atoms with van der Waals surface area (Å²) < 4.78 is 74.2. The molecule has 3 rings (SSSR count). The Labute approximate surface area is 204 Å². The molecule has 194 valence electrons. The number of carbonyl (C=O) groups is 1. The van der Waals surface area contributed by atoms with E-state index in [9.17, 15) is 26.4 Å². The number of rotatable bonds is 8. The van der Waals surface area contributed by atoms with Gasteiger partial charge in [0.25, 0.3) is 0 Å². The second kappa shape index (κ2) is 10.3. The molecule has 1 aromatic rings. The van der Waals surface area contributed by atoms with Crippen molar-refractivity contribution >= 4 is 21.7 Å². The van der Waals surface area contributed by atoms with Gasteiger partial charge in [-0.3, -0.25) is 9.79 Å². The van der Waals surface area contributed by atoms with Crippen LogP contribution in [0.5, 0.6) is 0 Å². The number of halogens is 3. The van der Waals surface area contributed by atoms with E-state index in [2.05, 4.69) is 4.99 Å². The minimum Gasteiger partial charge on any atom is -0.465 e. The monoisotopic (exact) mass is 515 g/mol. The Kier molecular flexibility index (Phi) is 8.00. The van der Waals surface area contributed by atoms with E-state index in [1.54, 1.807) is 6.92 Å². The number of sulfonamides is 1. The first kappa shape index (κ1) is 27.2. The molecule has 7 nitrogen and oxygen atoms in total. The maximum atomic E-state index is 13.7. The fraction of sp³-hybridized carbons (Fsp3) is 0.583. The van der Waals surface area contributed by atoms with Crippen LogP contribution in [0.25, 0.3) is 0 Å². The molecule has 1 aromatic carbocycles. The standard InChI is InChI=1S/C24H32F3N3O4S/c1-4-23(9-10-23)16-11-17(24(25,26)27)13-18(12-16)35(32,33)30(3)21-8-6-7-20(19(21)14-28)29-15-22(31)34-5-2/h11-14,21H,4-10,15,28H2,1-3H3/t21-/m1/s1. The van der Waals surface area contributed by atoms with Crippen molar-refractivity contribution in [2.45, 2.75) is 74.9 Å². The molecule has 2 saturated carbocycles. The van der Waals surface area contributed by atoms with Gasteiger partial charge in [0.05, 0.1) is 23.1 Å². The Balaban J connectivity index is 1.98. The third kappa shape index (κ3) is 5.72. The Morgan fingerprint density at radius 2 is 1.97 bits per heavy atom. The van der Waals surface area contributed by atoms with Crippen LogP contribution in [0, 0.1) is 0 Å². The first-order chi connectivity index (χ1) is 16.4. The Hall–Kier alpha value is -2.40. The summed E-state index contributed by atoms with van der Waals surface area (Å²) in [7, 11) is -2.96. The number of hydrogen-bond donors (Lipinski definition) is 1. The van der Waals surface area contributed by atoms with Crippen LogP contribution in [0.15, 0.2) is 39.9 Å². The van der Waals surface area contributed by atoms with Crippen molar-refractivity contribution < 1.29 is 31.1 Å². The molecule has 2 aliphatic carbocycles. The van der Waals surface area contributed by atoms with Crippen LogP contribution in [0.4, 0.5) is 13.2 Å². The number of ether oxygens (including phenoxy) is 1. The number of nitrogens with zero attached hydrogens (tertiary/aromatic N) is 2. The van der Waals surface area contributed by atoms with Crippen LogP contribution in [-0.4, -0.2) is 50.6 Å². The van der Waals surface area contributed by atoms with Gasteiger partial charge >= 0.3 is 12.1 Å². The van der Waals surface area contributed by atoms with Crippen LogP contribution >= 0.6 is 0 Å². The number of nitrogens with two attached hydrogens (primary N) is 1. The molecule has 0 amide bonds. The molecule has 1 atom stereocenters. The molecule has 2 aliphatic rings. The maximum Gasteiger partial charge on any atom is 0.416 e. The molecule has 0 bridgehead atoms. The van der Waals surface area contributed by atoms with E-state index in [0.717, 1.165) is 23.2 Å². The van der Waals surface area contributed by atoms with Crippen molar-refractivity contribution in [3.05, 3.63) is 41.1 Å². The highest BCUT2D eigenvalue weighted by atomic mass is 32.2. The predicted octanol–water partition coefficient (Wildman–Crippen LogP) is 4.17. The number of esters is 1. The summed E-state index contributed by atoms with van der Waals surface area (Å²) in [5, 5.41) is 0. The van der Waals surface area contributed by atoms with Gasteiger partial charge in [-0.05, 0) is 74.6 Å². The molecular formula is C24H32F3N3O4S. The van der Waals surface area contributed by atoms with Crippen molar-refractivity contribution in [3.8, 4) is 0 Å². The topological polar surface area (TPSA) is 102 Å². The van der Waals surface area contributed by atoms with Crippen molar-refractivity contribution in [2.24, 2.45) is 10.7 Å². The van der Waals surface area contributed by atoms with E-state index >= 15 is 0 Å². The number of alkyl halides is 3. The third-order valence-electron chi connectivity index (χ3n) is 6.96. The van der Waals surface area contributed by atoms with Crippen molar-refractivity contribution in [2.75, 3.05) is 20.2 Å². The number of likely N-dealkylation sites (N-methyl/N-ethyl adjacent to an activating group) is 1. The second-order valence-corrected chi connectivity index (χ2v) is 11.0. The average molecular weight is 516 g/mol. The summed E-state index contributed by atoms with van der Waals surface area (Å²) in [6.45, 7) is 3.56. The molecule has 35 heavy (non-hydrogen) atoms. The van der Waals surface area contributed by atoms with Gasteiger partial charge in [0.2, 0.25) is 10.0 Å². The quantitative estimate of drug-likeness (QED) is 0.524. The second-order valence-electron chi connectivity index (χ2n) is 9.00. The molecule has 0 unspecified atom stereocenters. The first-order valence-corrected chi connectivity index (χ1v) is 13.2. The zero-order chi connectivity index (χ0) is 26.0. The molecule has 0 spiro atoms. The van der Waals surface area contributed by atoms with Crippen LogP contribution < -0.4 is 5.73 Å². The number of aliphatic imine (C=N–C) groups is 1. The predicted molar refractivity (Wildman–Crippen MR) is 126 cm³/mol. The van der Waals surface area contributed by atoms with Gasteiger partial charge in [-0.15, -0.1) is 0 Å². The van der Waals surface area contributed by atoms with Crippen LogP contribution in [0.1, 0.15) is 63.5 Å². The van der Waals surface area contributed by atoms with Gasteiger partial charge in [-0.1, -0.05) is 6.92 Å². The lowest BCUT2D eigenvalue weighted by atomic mass is 9.88. The largest absolute Gasteiger partial charge is 0.465 e. The summed E-state index contributed by atoms with van der Waals surface area (Å²) in [6.07, 6.45) is 0.160. The zero-order valence-electron chi connectivity index (χ0n) is 20.2. The Morgan fingerprint density at radius 3 is 2.51 bits per heavy atom. The molecule has 11 heteroatoms. The normalized spacial score (nSPS) is 22.5. The molecule has 0 heterocycles. The molecule has 2 fully saturated rings. The Bertz CT molecular complexity index is 1130. The highest BCUT2D eigenvalue weighted by Crippen LogP contribution is 2.52. The molecule has 0 radical (unpaired) electrons. The summed E-state index contributed by atoms with van der Waals surface area (Å²) in [6, 6.07) is 2.42. The van der Waals surface area contributed by atoms with Crippen molar-refractivity contribution in [1.29, 1.82) is 0 Å². The lowest BCUT2D eigenvalue weighted by Crippen LogP contribution is -2.42. The first-order valence-electron chi connectivity index (χ1n) is 11.7. The average Bonchev–Trinajstić information content (AvgIpc) is 3.62. The lowest BCUT2D eigenvalue weighted by molar-refractivity contribution is -0.141. The molecule has 2 N–H and O–H groups in total. The van der Waals surface area contributed by atoms with Crippen molar-refractivity contribution in [1.82, 2.24) is 4.31 Å². The Morgan fingerprint density at radius 1 is 1.29 bits per heavy atom. The molecule has 0 aliphatic heterocycles.